The van der Waals surface area contributed by atoms with E-state index in [4.69, 9.17) is 9.73 Å². The van der Waals surface area contributed by atoms with Crippen LogP contribution in [-0.2, 0) is 0 Å². The van der Waals surface area contributed by atoms with Crippen molar-refractivity contribution in [2.24, 2.45) is 10.9 Å². The molecule has 25 heavy (non-hydrogen) atoms. The molecule has 1 heterocycles. The number of hydrogen-bond donors (Lipinski definition) is 2. The fraction of sp³-hybridized carbons (Fsp3) is 0.650. The molecule has 1 aromatic rings. The highest BCUT2D eigenvalue weighted by molar-refractivity contribution is 5.80. The monoisotopic (exact) mass is 344 g/mol. The predicted octanol–water partition coefficient (Wildman–Crippen LogP) is 2.80. The number of hydrogen-bond acceptors (Lipinski definition) is 3. The molecule has 0 aromatic heterocycles. The number of likely N-dealkylation sites (tertiary alicyclic amines) is 1. The van der Waals surface area contributed by atoms with E-state index in [1.54, 1.807) is 7.11 Å². The van der Waals surface area contributed by atoms with Crippen molar-refractivity contribution in [2.75, 3.05) is 33.8 Å². The van der Waals surface area contributed by atoms with Crippen LogP contribution in [0.2, 0.25) is 0 Å². The summed E-state index contributed by atoms with van der Waals surface area (Å²) in [6.45, 7) is 5.05. The Bertz CT molecular complexity index is 568. The maximum Gasteiger partial charge on any atom is 0.191 e. The fourth-order valence-corrected chi connectivity index (χ4v) is 3.73. The number of aliphatic imine (C=N–C) groups is 1. The molecule has 1 aromatic carbocycles. The van der Waals surface area contributed by atoms with Crippen LogP contribution in [-0.4, -0.2) is 50.7 Å². The summed E-state index contributed by atoms with van der Waals surface area (Å²) in [5, 5.41) is 6.90. The molecule has 2 aliphatic rings. The summed E-state index contributed by atoms with van der Waals surface area (Å²) in [6.07, 6.45) is 5.01. The summed E-state index contributed by atoms with van der Waals surface area (Å²) in [6, 6.07) is 9.59. The summed E-state index contributed by atoms with van der Waals surface area (Å²) in [5.74, 6) is 2.44. The van der Waals surface area contributed by atoms with Gasteiger partial charge in [-0.1, -0.05) is 12.1 Å². The van der Waals surface area contributed by atoms with Crippen molar-refractivity contribution in [3.05, 3.63) is 29.8 Å². The second-order valence-corrected chi connectivity index (χ2v) is 7.24. The SMILES string of the molecule is CCNC(=NCC1CCCN(C)C1c1ccc(OC)cc1)NC1CC1. The van der Waals surface area contributed by atoms with Crippen molar-refractivity contribution < 1.29 is 4.74 Å². The molecular weight excluding hydrogens is 312 g/mol. The Morgan fingerprint density at radius 1 is 1.24 bits per heavy atom. The topological polar surface area (TPSA) is 48.9 Å². The average molecular weight is 345 g/mol. The van der Waals surface area contributed by atoms with Crippen LogP contribution in [0.1, 0.15) is 44.2 Å². The van der Waals surface area contributed by atoms with Crippen LogP contribution >= 0.6 is 0 Å². The number of nitrogens with zero attached hydrogens (tertiary/aromatic N) is 2. The smallest absolute Gasteiger partial charge is 0.191 e. The molecule has 5 nitrogen and oxygen atoms in total. The van der Waals surface area contributed by atoms with Crippen molar-refractivity contribution in [1.29, 1.82) is 0 Å². The molecule has 1 aliphatic carbocycles. The molecule has 3 rings (SSSR count). The minimum Gasteiger partial charge on any atom is -0.497 e. The van der Waals surface area contributed by atoms with Gasteiger partial charge >= 0.3 is 0 Å². The summed E-state index contributed by atoms with van der Waals surface area (Å²) >= 11 is 0. The molecule has 1 saturated heterocycles. The molecule has 1 aliphatic heterocycles. The maximum absolute atomic E-state index is 5.31. The lowest BCUT2D eigenvalue weighted by molar-refractivity contribution is 0.125. The van der Waals surface area contributed by atoms with Crippen LogP contribution in [0.15, 0.2) is 29.3 Å². The molecule has 5 heteroatoms. The largest absolute Gasteiger partial charge is 0.497 e. The Labute approximate surface area is 151 Å². The van der Waals surface area contributed by atoms with E-state index in [9.17, 15) is 0 Å². The minimum absolute atomic E-state index is 0.423. The standard InChI is InChI=1S/C20H32N4O/c1-4-21-20(23-17-9-10-17)22-14-16-6-5-13-24(2)19(16)15-7-11-18(25-3)12-8-15/h7-8,11-12,16-17,19H,4-6,9-10,13-14H2,1-3H3,(H2,21,22,23). The lowest BCUT2D eigenvalue weighted by Crippen LogP contribution is -2.40. The van der Waals surface area contributed by atoms with E-state index in [1.807, 2.05) is 0 Å². The van der Waals surface area contributed by atoms with Crippen molar-refractivity contribution in [3.8, 4) is 5.75 Å². The third-order valence-corrected chi connectivity index (χ3v) is 5.21. The molecule has 1 saturated carbocycles. The quantitative estimate of drug-likeness (QED) is 0.615. The molecule has 0 bridgehead atoms. The van der Waals surface area contributed by atoms with Crippen molar-refractivity contribution in [3.63, 3.8) is 0 Å². The van der Waals surface area contributed by atoms with Gasteiger partial charge in [-0.05, 0) is 69.8 Å². The number of piperidine rings is 1. The number of ether oxygens (including phenoxy) is 1. The second-order valence-electron chi connectivity index (χ2n) is 7.24. The molecule has 0 spiro atoms. The number of nitrogens with one attached hydrogen (secondary N) is 2. The molecule has 0 radical (unpaired) electrons. The zero-order valence-electron chi connectivity index (χ0n) is 15.8. The Morgan fingerprint density at radius 2 is 2.00 bits per heavy atom. The van der Waals surface area contributed by atoms with E-state index >= 15 is 0 Å². The lowest BCUT2D eigenvalue weighted by atomic mass is 9.85. The number of rotatable bonds is 6. The van der Waals surface area contributed by atoms with Gasteiger partial charge in [-0.15, -0.1) is 0 Å². The molecule has 2 unspecified atom stereocenters. The summed E-state index contributed by atoms with van der Waals surface area (Å²) in [7, 11) is 3.95. The predicted molar refractivity (Wildman–Crippen MR) is 103 cm³/mol. The minimum atomic E-state index is 0.423. The highest BCUT2D eigenvalue weighted by Crippen LogP contribution is 2.35. The molecule has 2 fully saturated rings. The van der Waals surface area contributed by atoms with Crippen LogP contribution in [0.25, 0.3) is 0 Å². The van der Waals surface area contributed by atoms with Crippen LogP contribution in [0.4, 0.5) is 0 Å². The van der Waals surface area contributed by atoms with Gasteiger partial charge in [-0.2, -0.15) is 0 Å². The van der Waals surface area contributed by atoms with Crippen molar-refractivity contribution in [1.82, 2.24) is 15.5 Å². The highest BCUT2D eigenvalue weighted by Gasteiger charge is 2.30. The van der Waals surface area contributed by atoms with Crippen molar-refractivity contribution in [2.45, 2.75) is 44.7 Å². The molecule has 2 atom stereocenters. The molecule has 138 valence electrons. The summed E-state index contributed by atoms with van der Waals surface area (Å²) < 4.78 is 5.31. The van der Waals surface area contributed by atoms with E-state index in [0.29, 0.717) is 18.0 Å². The maximum atomic E-state index is 5.31. The third-order valence-electron chi connectivity index (χ3n) is 5.21. The van der Waals surface area contributed by atoms with Crippen molar-refractivity contribution >= 4 is 5.96 Å². The first-order valence-electron chi connectivity index (χ1n) is 9.60. The van der Waals surface area contributed by atoms with Gasteiger partial charge in [0.1, 0.15) is 5.75 Å². The van der Waals surface area contributed by atoms with Gasteiger partial charge in [0.15, 0.2) is 5.96 Å². The first-order chi connectivity index (χ1) is 12.2. The first kappa shape index (κ1) is 18.1. The van der Waals surface area contributed by atoms with Gasteiger partial charge in [-0.3, -0.25) is 9.89 Å². The van der Waals surface area contributed by atoms with Crippen LogP contribution in [0.3, 0.4) is 0 Å². The zero-order chi connectivity index (χ0) is 17.6. The Kier molecular flexibility index (Phi) is 6.19. The van der Waals surface area contributed by atoms with E-state index in [2.05, 4.69) is 53.8 Å². The first-order valence-corrected chi connectivity index (χ1v) is 9.60. The van der Waals surface area contributed by atoms with E-state index < -0.39 is 0 Å². The summed E-state index contributed by atoms with van der Waals surface area (Å²) in [4.78, 5) is 7.38. The van der Waals surface area contributed by atoms with Gasteiger partial charge in [0.25, 0.3) is 0 Å². The highest BCUT2D eigenvalue weighted by atomic mass is 16.5. The van der Waals surface area contributed by atoms with E-state index in [0.717, 1.165) is 31.3 Å². The Morgan fingerprint density at radius 3 is 2.64 bits per heavy atom. The van der Waals surface area contributed by atoms with Crippen LogP contribution in [0, 0.1) is 5.92 Å². The number of benzene rings is 1. The molecule has 0 amide bonds. The van der Waals surface area contributed by atoms with Crippen LogP contribution < -0.4 is 15.4 Å². The van der Waals surface area contributed by atoms with Gasteiger partial charge in [0, 0.05) is 25.2 Å². The van der Waals surface area contributed by atoms with Gasteiger partial charge in [-0.25, -0.2) is 0 Å². The lowest BCUT2D eigenvalue weighted by Gasteiger charge is -2.39. The van der Waals surface area contributed by atoms with E-state index in [-0.39, 0.29) is 0 Å². The normalized spacial score (nSPS) is 24.8. The number of methoxy groups -OCH3 is 1. The van der Waals surface area contributed by atoms with Gasteiger partial charge in [0.2, 0.25) is 0 Å². The molecular formula is C20H32N4O. The van der Waals surface area contributed by atoms with Gasteiger partial charge in [0.05, 0.1) is 7.11 Å². The second kappa shape index (κ2) is 8.56. The average Bonchev–Trinajstić information content (AvgIpc) is 3.44. The Balaban J connectivity index is 1.71. The van der Waals surface area contributed by atoms with Gasteiger partial charge < -0.3 is 15.4 Å². The third kappa shape index (κ3) is 4.88. The Hall–Kier alpha value is -1.75. The number of guanidine groups is 1. The zero-order valence-corrected chi connectivity index (χ0v) is 15.8. The van der Waals surface area contributed by atoms with Crippen LogP contribution in [0.5, 0.6) is 5.75 Å². The molecule has 2 N–H and O–H groups in total. The summed E-state index contributed by atoms with van der Waals surface area (Å²) in [5.41, 5.74) is 1.36. The fourth-order valence-electron chi connectivity index (χ4n) is 3.73. The van der Waals surface area contributed by atoms with E-state index in [1.165, 1.54) is 31.2 Å².